The maximum Gasteiger partial charge on any atom is 0.256 e. The number of anilines is 1. The van der Waals surface area contributed by atoms with Gasteiger partial charge in [-0.05, 0) is 12.1 Å². The molecule has 0 aliphatic carbocycles. The number of para-hydroxylation sites is 1. The van der Waals surface area contributed by atoms with Crippen molar-refractivity contribution in [2.45, 2.75) is 24.4 Å². The zero-order chi connectivity index (χ0) is 17.5. The molecule has 7 nitrogen and oxygen atoms in total. The molecule has 4 saturated heterocycles. The Labute approximate surface area is 152 Å². The van der Waals surface area contributed by atoms with Crippen molar-refractivity contribution in [3.05, 3.63) is 29.8 Å². The summed E-state index contributed by atoms with van der Waals surface area (Å²) in [6, 6.07) is 7.85. The fourth-order valence-corrected chi connectivity index (χ4v) is 3.29. The van der Waals surface area contributed by atoms with Crippen molar-refractivity contribution in [1.29, 1.82) is 0 Å². The van der Waals surface area contributed by atoms with Gasteiger partial charge in [-0.1, -0.05) is 12.1 Å². The van der Waals surface area contributed by atoms with Crippen LogP contribution in [-0.4, -0.2) is 87.8 Å². The molecule has 0 bridgehead atoms. The van der Waals surface area contributed by atoms with E-state index in [9.17, 15) is 4.79 Å². The van der Waals surface area contributed by atoms with Gasteiger partial charge in [-0.3, -0.25) is 4.79 Å². The van der Waals surface area contributed by atoms with Gasteiger partial charge in [0.2, 0.25) is 0 Å². The Bertz CT molecular complexity index is 640. The first-order valence-corrected chi connectivity index (χ1v) is 9.36. The maximum absolute atomic E-state index is 13.3. The van der Waals surface area contributed by atoms with Crippen molar-refractivity contribution in [2.75, 3.05) is 57.5 Å². The molecular formula is C19H24N2O5. The van der Waals surface area contributed by atoms with Crippen LogP contribution < -0.4 is 4.90 Å². The number of ether oxygens (including phenoxy) is 4. The number of rotatable bonds is 10. The van der Waals surface area contributed by atoms with E-state index in [2.05, 4.69) is 4.90 Å². The van der Waals surface area contributed by atoms with Crippen molar-refractivity contribution >= 4 is 11.6 Å². The Morgan fingerprint density at radius 3 is 1.77 bits per heavy atom. The van der Waals surface area contributed by atoms with Crippen LogP contribution in [0.5, 0.6) is 0 Å². The molecule has 0 aromatic heterocycles. The first-order chi connectivity index (χ1) is 12.8. The predicted molar refractivity (Wildman–Crippen MR) is 93.5 cm³/mol. The first-order valence-electron chi connectivity index (χ1n) is 9.36. The molecule has 0 radical (unpaired) electrons. The summed E-state index contributed by atoms with van der Waals surface area (Å²) in [6.45, 7) is 5.91. The average molecular weight is 360 g/mol. The monoisotopic (exact) mass is 360 g/mol. The molecule has 5 rings (SSSR count). The number of carbonyl (C=O) groups is 1. The number of nitrogens with zero attached hydrogens (tertiary/aromatic N) is 2. The summed E-state index contributed by atoms with van der Waals surface area (Å²) in [5.74, 6) is 0.0463. The Morgan fingerprint density at radius 1 is 0.808 bits per heavy atom. The Balaban J connectivity index is 1.38. The van der Waals surface area contributed by atoms with Crippen molar-refractivity contribution in [3.63, 3.8) is 0 Å². The average Bonchev–Trinajstić information content (AvgIpc) is 3.43. The van der Waals surface area contributed by atoms with Crippen LogP contribution in [0.25, 0.3) is 0 Å². The second-order valence-corrected chi connectivity index (χ2v) is 7.45. The summed E-state index contributed by atoms with van der Waals surface area (Å²) >= 11 is 0. The van der Waals surface area contributed by atoms with Gasteiger partial charge in [0.15, 0.2) is 0 Å². The molecule has 1 amide bonds. The van der Waals surface area contributed by atoms with Crippen LogP contribution in [0.3, 0.4) is 0 Å². The fourth-order valence-electron chi connectivity index (χ4n) is 3.29. The van der Waals surface area contributed by atoms with E-state index in [0.717, 1.165) is 50.8 Å². The molecule has 4 atom stereocenters. The highest BCUT2D eigenvalue weighted by molar-refractivity contribution is 6.00. The molecular weight excluding hydrogens is 336 g/mol. The van der Waals surface area contributed by atoms with Crippen LogP contribution in [0.15, 0.2) is 24.3 Å². The van der Waals surface area contributed by atoms with Gasteiger partial charge in [0.1, 0.15) is 0 Å². The normalized spacial score (nSPS) is 30.6. The van der Waals surface area contributed by atoms with E-state index in [4.69, 9.17) is 18.9 Å². The molecule has 4 aliphatic rings. The highest BCUT2D eigenvalue weighted by atomic mass is 16.6. The van der Waals surface area contributed by atoms with Crippen LogP contribution in [0.4, 0.5) is 5.69 Å². The summed E-state index contributed by atoms with van der Waals surface area (Å²) in [6.07, 6.45) is 0.849. The third-order valence-electron chi connectivity index (χ3n) is 5.07. The van der Waals surface area contributed by atoms with Gasteiger partial charge < -0.3 is 28.7 Å². The lowest BCUT2D eigenvalue weighted by Gasteiger charge is -2.28. The van der Waals surface area contributed by atoms with Gasteiger partial charge in [-0.15, -0.1) is 0 Å². The largest absolute Gasteiger partial charge is 0.371 e. The topological polar surface area (TPSA) is 73.7 Å². The number of epoxide rings is 4. The second kappa shape index (κ2) is 6.81. The third kappa shape index (κ3) is 4.17. The predicted octanol–water partition coefficient (Wildman–Crippen LogP) is 0.530. The second-order valence-electron chi connectivity index (χ2n) is 7.45. The van der Waals surface area contributed by atoms with Crippen molar-refractivity contribution in [3.8, 4) is 0 Å². The smallest absolute Gasteiger partial charge is 0.256 e. The molecule has 4 aliphatic heterocycles. The maximum atomic E-state index is 13.3. The molecule has 4 unspecified atom stereocenters. The summed E-state index contributed by atoms with van der Waals surface area (Å²) in [5.41, 5.74) is 1.69. The lowest BCUT2D eigenvalue weighted by Crippen LogP contribution is -2.39. The molecule has 4 heterocycles. The minimum Gasteiger partial charge on any atom is -0.371 e. The standard InChI is InChI=1S/C19H24N2O5/c22-19(21(7-15-11-25-15)8-16-12-26-16)17-3-1-2-4-18(17)20(5-13-9-23-13)6-14-10-24-14/h1-4,13-16H,5-12H2. The summed E-state index contributed by atoms with van der Waals surface area (Å²) < 4.78 is 21.5. The van der Waals surface area contributed by atoms with Gasteiger partial charge in [-0.2, -0.15) is 0 Å². The summed E-state index contributed by atoms with van der Waals surface area (Å²) in [7, 11) is 0. The van der Waals surface area contributed by atoms with E-state index in [1.165, 1.54) is 0 Å². The third-order valence-corrected chi connectivity index (χ3v) is 5.07. The van der Waals surface area contributed by atoms with Crippen molar-refractivity contribution in [2.24, 2.45) is 0 Å². The highest BCUT2D eigenvalue weighted by Crippen LogP contribution is 2.28. The van der Waals surface area contributed by atoms with Crippen LogP contribution >= 0.6 is 0 Å². The van der Waals surface area contributed by atoms with E-state index in [0.29, 0.717) is 13.1 Å². The zero-order valence-corrected chi connectivity index (χ0v) is 14.7. The van der Waals surface area contributed by atoms with Crippen LogP contribution in [0.1, 0.15) is 10.4 Å². The summed E-state index contributed by atoms with van der Waals surface area (Å²) in [5, 5.41) is 0. The van der Waals surface area contributed by atoms with E-state index in [1.807, 2.05) is 29.2 Å². The molecule has 0 N–H and O–H groups in total. The fraction of sp³-hybridized carbons (Fsp3) is 0.632. The number of hydrogen-bond donors (Lipinski definition) is 0. The Hall–Kier alpha value is -1.67. The van der Waals surface area contributed by atoms with Crippen LogP contribution in [0.2, 0.25) is 0 Å². The van der Waals surface area contributed by atoms with Crippen molar-refractivity contribution in [1.82, 2.24) is 4.90 Å². The van der Waals surface area contributed by atoms with Gasteiger partial charge in [0.05, 0.1) is 56.4 Å². The molecule has 0 spiro atoms. The molecule has 26 heavy (non-hydrogen) atoms. The van der Waals surface area contributed by atoms with Crippen molar-refractivity contribution < 1.29 is 23.7 Å². The van der Waals surface area contributed by atoms with Crippen LogP contribution in [0, 0.1) is 0 Å². The number of hydrogen-bond acceptors (Lipinski definition) is 6. The van der Waals surface area contributed by atoms with E-state index in [1.54, 1.807) is 0 Å². The number of amides is 1. The number of carbonyl (C=O) groups excluding carboxylic acids is 1. The molecule has 1 aromatic rings. The molecule has 140 valence electrons. The minimum atomic E-state index is 0.0463. The van der Waals surface area contributed by atoms with Gasteiger partial charge in [0.25, 0.3) is 5.91 Å². The SMILES string of the molecule is O=C(c1ccccc1N(CC1CO1)CC1CO1)N(CC1CO1)CC1CO1. The highest BCUT2D eigenvalue weighted by Gasteiger charge is 2.36. The van der Waals surface area contributed by atoms with E-state index in [-0.39, 0.29) is 30.3 Å². The lowest BCUT2D eigenvalue weighted by atomic mass is 10.1. The quantitative estimate of drug-likeness (QED) is 0.567. The molecule has 1 aromatic carbocycles. The molecule has 0 saturated carbocycles. The van der Waals surface area contributed by atoms with E-state index >= 15 is 0 Å². The van der Waals surface area contributed by atoms with Gasteiger partial charge >= 0.3 is 0 Å². The Kier molecular flexibility index (Phi) is 4.32. The van der Waals surface area contributed by atoms with Gasteiger partial charge in [0, 0.05) is 31.9 Å². The molecule has 4 fully saturated rings. The minimum absolute atomic E-state index is 0.0463. The van der Waals surface area contributed by atoms with E-state index < -0.39 is 0 Å². The van der Waals surface area contributed by atoms with Crippen LogP contribution in [-0.2, 0) is 18.9 Å². The number of benzene rings is 1. The Morgan fingerprint density at radius 2 is 1.27 bits per heavy atom. The molecule has 7 heteroatoms. The van der Waals surface area contributed by atoms with Gasteiger partial charge in [-0.25, -0.2) is 0 Å². The first kappa shape index (κ1) is 16.5. The lowest BCUT2D eigenvalue weighted by molar-refractivity contribution is 0.0730. The summed E-state index contributed by atoms with van der Waals surface area (Å²) in [4.78, 5) is 17.4. The zero-order valence-electron chi connectivity index (χ0n) is 14.7.